The largest absolute Gasteiger partial charge is 0.436 e. The molecule has 0 aliphatic rings. The van der Waals surface area contributed by atoms with E-state index in [1.54, 1.807) is 0 Å². The summed E-state index contributed by atoms with van der Waals surface area (Å²) in [6.45, 7) is 1.96. The number of nitrogens with zero attached hydrogens (tertiary/aromatic N) is 1. The number of rotatable bonds is 0. The van der Waals surface area contributed by atoms with Crippen LogP contribution in [0.2, 0.25) is 0 Å². The lowest BCUT2D eigenvalue weighted by molar-refractivity contribution is 0.540. The van der Waals surface area contributed by atoms with Gasteiger partial charge in [0.05, 0.1) is 0 Å². The molecular weight excluding hydrogens is 244 g/mol. The standard InChI is InChI=1S/C9H6Cl3NO/c1-5-2-3-6-7(4-5)14-8(13-6)9(10,11)12/h2-4H,1H3. The van der Waals surface area contributed by atoms with Gasteiger partial charge in [0, 0.05) is 0 Å². The van der Waals surface area contributed by atoms with Gasteiger partial charge in [-0.15, -0.1) is 0 Å². The fraction of sp³-hybridized carbons (Fsp3) is 0.222. The molecule has 1 heterocycles. The Balaban J connectivity index is 2.63. The van der Waals surface area contributed by atoms with E-state index < -0.39 is 3.79 Å². The molecule has 0 aliphatic heterocycles. The Morgan fingerprint density at radius 3 is 2.64 bits per heavy atom. The average Bonchev–Trinajstić information content (AvgIpc) is 2.45. The van der Waals surface area contributed by atoms with Gasteiger partial charge < -0.3 is 4.42 Å². The Morgan fingerprint density at radius 1 is 1.29 bits per heavy atom. The minimum atomic E-state index is -1.60. The third-order valence-electron chi connectivity index (χ3n) is 1.79. The van der Waals surface area contributed by atoms with Gasteiger partial charge in [-0.05, 0) is 24.6 Å². The molecule has 74 valence electrons. The van der Waals surface area contributed by atoms with Crippen LogP contribution in [0, 0.1) is 6.92 Å². The van der Waals surface area contributed by atoms with Crippen molar-refractivity contribution in [1.82, 2.24) is 4.98 Å². The van der Waals surface area contributed by atoms with Crippen molar-refractivity contribution in [2.45, 2.75) is 10.7 Å². The fourth-order valence-electron chi connectivity index (χ4n) is 1.15. The van der Waals surface area contributed by atoms with Crippen molar-refractivity contribution >= 4 is 45.9 Å². The molecule has 2 aromatic rings. The number of fused-ring (bicyclic) bond motifs is 1. The first-order valence-corrected chi connectivity index (χ1v) is 5.04. The van der Waals surface area contributed by atoms with Crippen molar-refractivity contribution in [1.29, 1.82) is 0 Å². The molecule has 2 nitrogen and oxygen atoms in total. The van der Waals surface area contributed by atoms with Gasteiger partial charge in [0.15, 0.2) is 5.58 Å². The van der Waals surface area contributed by atoms with Crippen molar-refractivity contribution in [2.24, 2.45) is 0 Å². The molecule has 2 rings (SSSR count). The number of hydrogen-bond acceptors (Lipinski definition) is 2. The Kier molecular flexibility index (Phi) is 2.38. The first-order chi connectivity index (χ1) is 6.47. The zero-order chi connectivity index (χ0) is 10.3. The quantitative estimate of drug-likeness (QED) is 0.661. The highest BCUT2D eigenvalue weighted by Crippen LogP contribution is 2.38. The number of aryl methyl sites for hydroxylation is 1. The van der Waals surface area contributed by atoms with E-state index in [0.29, 0.717) is 11.1 Å². The summed E-state index contributed by atoms with van der Waals surface area (Å²) in [6.07, 6.45) is 0. The molecule has 0 atom stereocenters. The molecule has 14 heavy (non-hydrogen) atoms. The number of aromatic nitrogens is 1. The molecule has 1 aromatic carbocycles. The molecular formula is C9H6Cl3NO. The molecule has 0 aliphatic carbocycles. The second kappa shape index (κ2) is 3.30. The lowest BCUT2D eigenvalue weighted by Crippen LogP contribution is -1.99. The molecule has 0 N–H and O–H groups in total. The Labute approximate surface area is 95.8 Å². The van der Waals surface area contributed by atoms with Crippen molar-refractivity contribution < 1.29 is 4.42 Å². The van der Waals surface area contributed by atoms with Gasteiger partial charge in [-0.3, -0.25) is 0 Å². The van der Waals surface area contributed by atoms with Crippen molar-refractivity contribution in [3.8, 4) is 0 Å². The van der Waals surface area contributed by atoms with Crippen LogP contribution in [-0.4, -0.2) is 4.98 Å². The summed E-state index contributed by atoms with van der Waals surface area (Å²) in [4.78, 5) is 4.06. The summed E-state index contributed by atoms with van der Waals surface area (Å²) in [5.41, 5.74) is 2.40. The van der Waals surface area contributed by atoms with Crippen LogP contribution in [0.1, 0.15) is 11.5 Å². The number of benzene rings is 1. The lowest BCUT2D eigenvalue weighted by Gasteiger charge is -2.02. The Morgan fingerprint density at radius 2 is 2.00 bits per heavy atom. The Hall–Kier alpha value is -0.440. The number of alkyl halides is 3. The normalized spacial score (nSPS) is 12.3. The summed E-state index contributed by atoms with van der Waals surface area (Å²) >= 11 is 16.9. The van der Waals surface area contributed by atoms with E-state index >= 15 is 0 Å². The lowest BCUT2D eigenvalue weighted by atomic mass is 10.2. The zero-order valence-corrected chi connectivity index (χ0v) is 9.49. The molecule has 0 saturated carbocycles. The van der Waals surface area contributed by atoms with Gasteiger partial charge in [0.2, 0.25) is 5.89 Å². The van der Waals surface area contributed by atoms with E-state index in [1.807, 2.05) is 25.1 Å². The summed E-state index contributed by atoms with van der Waals surface area (Å²) in [6, 6.07) is 5.60. The summed E-state index contributed by atoms with van der Waals surface area (Å²) < 4.78 is 3.70. The van der Waals surface area contributed by atoms with Gasteiger partial charge >= 0.3 is 0 Å². The first kappa shape index (κ1) is 10.1. The molecule has 0 spiro atoms. The number of hydrogen-bond donors (Lipinski definition) is 0. The van der Waals surface area contributed by atoms with E-state index in [1.165, 1.54) is 0 Å². The highest BCUT2D eigenvalue weighted by Gasteiger charge is 2.29. The van der Waals surface area contributed by atoms with Crippen LogP contribution in [0.4, 0.5) is 0 Å². The highest BCUT2D eigenvalue weighted by atomic mass is 35.6. The van der Waals surface area contributed by atoms with Crippen LogP contribution in [0.5, 0.6) is 0 Å². The third-order valence-corrected chi connectivity index (χ3v) is 2.27. The van der Waals surface area contributed by atoms with Gasteiger partial charge in [-0.25, -0.2) is 4.98 Å². The average molecular weight is 251 g/mol. The molecule has 0 fully saturated rings. The summed E-state index contributed by atoms with van der Waals surface area (Å²) in [7, 11) is 0. The number of oxazole rings is 1. The van der Waals surface area contributed by atoms with Gasteiger partial charge in [0.25, 0.3) is 3.79 Å². The molecule has 0 unspecified atom stereocenters. The van der Waals surface area contributed by atoms with Gasteiger partial charge in [-0.1, -0.05) is 40.9 Å². The predicted molar refractivity (Wildman–Crippen MR) is 58.0 cm³/mol. The monoisotopic (exact) mass is 249 g/mol. The second-order valence-corrected chi connectivity index (χ2v) is 5.27. The van der Waals surface area contributed by atoms with Crippen molar-refractivity contribution in [2.75, 3.05) is 0 Å². The second-order valence-electron chi connectivity index (χ2n) is 2.99. The van der Waals surface area contributed by atoms with Gasteiger partial charge in [0.1, 0.15) is 5.52 Å². The SMILES string of the molecule is Cc1ccc2nc(C(Cl)(Cl)Cl)oc2c1. The molecule has 1 aromatic heterocycles. The van der Waals surface area contributed by atoms with E-state index in [4.69, 9.17) is 39.2 Å². The minimum Gasteiger partial charge on any atom is -0.436 e. The van der Waals surface area contributed by atoms with E-state index in [9.17, 15) is 0 Å². The van der Waals surface area contributed by atoms with Crippen molar-refractivity contribution in [3.05, 3.63) is 29.7 Å². The van der Waals surface area contributed by atoms with E-state index in [0.717, 1.165) is 5.56 Å². The van der Waals surface area contributed by atoms with Crippen LogP contribution in [0.3, 0.4) is 0 Å². The molecule has 0 saturated heterocycles. The van der Waals surface area contributed by atoms with Crippen LogP contribution in [0.15, 0.2) is 22.6 Å². The zero-order valence-electron chi connectivity index (χ0n) is 7.22. The van der Waals surface area contributed by atoms with Crippen LogP contribution < -0.4 is 0 Å². The maximum Gasteiger partial charge on any atom is 0.266 e. The van der Waals surface area contributed by atoms with Crippen LogP contribution in [-0.2, 0) is 3.79 Å². The van der Waals surface area contributed by atoms with Crippen molar-refractivity contribution in [3.63, 3.8) is 0 Å². The predicted octanol–water partition coefficient (Wildman–Crippen LogP) is 3.96. The third kappa shape index (κ3) is 1.83. The maximum absolute atomic E-state index is 5.64. The molecule has 0 radical (unpaired) electrons. The van der Waals surface area contributed by atoms with Crippen LogP contribution >= 0.6 is 34.8 Å². The van der Waals surface area contributed by atoms with E-state index in [-0.39, 0.29) is 5.89 Å². The molecule has 0 bridgehead atoms. The fourth-order valence-corrected chi connectivity index (χ4v) is 1.40. The maximum atomic E-state index is 5.64. The smallest absolute Gasteiger partial charge is 0.266 e. The summed E-state index contributed by atoms with van der Waals surface area (Å²) in [5, 5.41) is 0. The van der Waals surface area contributed by atoms with Crippen LogP contribution in [0.25, 0.3) is 11.1 Å². The topological polar surface area (TPSA) is 26.0 Å². The molecule has 5 heteroatoms. The minimum absolute atomic E-state index is 0.100. The first-order valence-electron chi connectivity index (χ1n) is 3.91. The Bertz CT molecular complexity index is 472. The van der Waals surface area contributed by atoms with Gasteiger partial charge in [-0.2, -0.15) is 0 Å². The highest BCUT2D eigenvalue weighted by molar-refractivity contribution is 6.66. The summed E-state index contributed by atoms with van der Waals surface area (Å²) in [5.74, 6) is 0.100. The number of halogens is 3. The van der Waals surface area contributed by atoms with E-state index in [2.05, 4.69) is 4.98 Å². The molecule has 0 amide bonds.